The minimum absolute atomic E-state index is 0. The standard InChI is InChI=1S/C21H34N4OS.HI/c1-3-22-21(24-19-8-9-20(14-19)27-2)23-15-17-6-4-5-7-18(17)16-25-10-12-26-13-11-25;/h4-7,19-20H,3,8-16H2,1-2H3,(H2,22,23,24);1H. The second-order valence-electron chi connectivity index (χ2n) is 7.36. The predicted octanol–water partition coefficient (Wildman–Crippen LogP) is 3.48. The molecule has 0 radical (unpaired) electrons. The summed E-state index contributed by atoms with van der Waals surface area (Å²) in [5.74, 6) is 0.949. The summed E-state index contributed by atoms with van der Waals surface area (Å²) in [7, 11) is 0. The molecule has 3 rings (SSSR count). The van der Waals surface area contributed by atoms with Gasteiger partial charge in [-0.05, 0) is 43.6 Å². The second-order valence-corrected chi connectivity index (χ2v) is 8.50. The molecule has 1 aromatic rings. The third-order valence-corrected chi connectivity index (χ3v) is 6.52. The van der Waals surface area contributed by atoms with Gasteiger partial charge >= 0.3 is 0 Å². The maximum Gasteiger partial charge on any atom is 0.191 e. The normalized spacial score (nSPS) is 23.3. The first-order valence-electron chi connectivity index (χ1n) is 10.2. The number of rotatable bonds is 7. The van der Waals surface area contributed by atoms with Crippen molar-refractivity contribution in [3.8, 4) is 0 Å². The zero-order valence-electron chi connectivity index (χ0n) is 17.2. The molecule has 1 heterocycles. The number of aliphatic imine (C=N–C) groups is 1. The van der Waals surface area contributed by atoms with E-state index < -0.39 is 0 Å². The molecule has 2 atom stereocenters. The first-order valence-corrected chi connectivity index (χ1v) is 11.5. The van der Waals surface area contributed by atoms with Gasteiger partial charge in [-0.3, -0.25) is 4.90 Å². The molecule has 2 fully saturated rings. The zero-order valence-corrected chi connectivity index (χ0v) is 20.3. The lowest BCUT2D eigenvalue weighted by Crippen LogP contribution is -2.42. The van der Waals surface area contributed by atoms with E-state index in [1.54, 1.807) is 0 Å². The van der Waals surface area contributed by atoms with Crippen LogP contribution in [0.15, 0.2) is 29.3 Å². The summed E-state index contributed by atoms with van der Waals surface area (Å²) in [6, 6.07) is 9.24. The van der Waals surface area contributed by atoms with Gasteiger partial charge < -0.3 is 15.4 Å². The smallest absolute Gasteiger partial charge is 0.191 e. The zero-order chi connectivity index (χ0) is 18.9. The van der Waals surface area contributed by atoms with E-state index in [1.165, 1.54) is 30.4 Å². The van der Waals surface area contributed by atoms with Crippen LogP contribution in [-0.4, -0.2) is 61.3 Å². The number of benzene rings is 1. The lowest BCUT2D eigenvalue weighted by molar-refractivity contribution is 0.0341. The molecule has 2 unspecified atom stereocenters. The Bertz CT molecular complexity index is 610. The Hall–Kier alpha value is -0.510. The molecule has 0 spiro atoms. The maximum absolute atomic E-state index is 5.47. The Kier molecular flexibility index (Phi) is 11.0. The van der Waals surface area contributed by atoms with Gasteiger partial charge in [-0.1, -0.05) is 24.3 Å². The number of nitrogens with one attached hydrogen (secondary N) is 2. The van der Waals surface area contributed by atoms with Crippen molar-refractivity contribution in [2.75, 3.05) is 39.1 Å². The number of hydrogen-bond donors (Lipinski definition) is 2. The Morgan fingerprint density at radius 1 is 1.21 bits per heavy atom. The van der Waals surface area contributed by atoms with E-state index in [1.807, 2.05) is 11.8 Å². The van der Waals surface area contributed by atoms with E-state index in [9.17, 15) is 0 Å². The quantitative estimate of drug-likeness (QED) is 0.329. The minimum atomic E-state index is 0. The van der Waals surface area contributed by atoms with Gasteiger partial charge in [0, 0.05) is 37.5 Å². The average molecular weight is 519 g/mol. The molecule has 0 amide bonds. The van der Waals surface area contributed by atoms with Crippen LogP contribution in [0.3, 0.4) is 0 Å². The highest BCUT2D eigenvalue weighted by Crippen LogP contribution is 2.28. The van der Waals surface area contributed by atoms with Crippen LogP contribution in [0, 0.1) is 0 Å². The molecule has 0 aromatic heterocycles. The number of ether oxygens (including phenoxy) is 1. The molecule has 2 N–H and O–H groups in total. The molecule has 1 aliphatic carbocycles. The van der Waals surface area contributed by atoms with Crippen LogP contribution in [0.4, 0.5) is 0 Å². The van der Waals surface area contributed by atoms with Crippen LogP contribution in [0.2, 0.25) is 0 Å². The Morgan fingerprint density at radius 2 is 1.96 bits per heavy atom. The van der Waals surface area contributed by atoms with E-state index in [4.69, 9.17) is 9.73 Å². The van der Waals surface area contributed by atoms with E-state index in [0.717, 1.165) is 50.6 Å². The molecule has 5 nitrogen and oxygen atoms in total. The van der Waals surface area contributed by atoms with E-state index in [2.05, 4.69) is 53.0 Å². The molecule has 1 saturated carbocycles. The Labute approximate surface area is 191 Å². The molecule has 28 heavy (non-hydrogen) atoms. The van der Waals surface area contributed by atoms with Crippen molar-refractivity contribution in [3.05, 3.63) is 35.4 Å². The number of morpholine rings is 1. The van der Waals surface area contributed by atoms with Gasteiger partial charge in [0.15, 0.2) is 5.96 Å². The summed E-state index contributed by atoms with van der Waals surface area (Å²) in [4.78, 5) is 7.37. The van der Waals surface area contributed by atoms with Crippen LogP contribution in [0.25, 0.3) is 0 Å². The highest BCUT2D eigenvalue weighted by molar-refractivity contribution is 14.0. The van der Waals surface area contributed by atoms with Crippen molar-refractivity contribution in [3.63, 3.8) is 0 Å². The van der Waals surface area contributed by atoms with E-state index in [-0.39, 0.29) is 24.0 Å². The summed E-state index contributed by atoms with van der Waals surface area (Å²) >= 11 is 1.99. The molecule has 1 saturated heterocycles. The van der Waals surface area contributed by atoms with Gasteiger partial charge in [0.2, 0.25) is 0 Å². The van der Waals surface area contributed by atoms with Crippen LogP contribution in [0.5, 0.6) is 0 Å². The summed E-state index contributed by atoms with van der Waals surface area (Å²) in [5.41, 5.74) is 2.69. The molecule has 158 valence electrons. The number of thioether (sulfide) groups is 1. The van der Waals surface area contributed by atoms with E-state index >= 15 is 0 Å². The highest BCUT2D eigenvalue weighted by Gasteiger charge is 2.24. The second kappa shape index (κ2) is 12.9. The summed E-state index contributed by atoms with van der Waals surface area (Å²) in [6.07, 6.45) is 6.00. The van der Waals surface area contributed by atoms with E-state index in [0.29, 0.717) is 12.6 Å². The lowest BCUT2D eigenvalue weighted by Gasteiger charge is -2.27. The largest absolute Gasteiger partial charge is 0.379 e. The summed E-state index contributed by atoms with van der Waals surface area (Å²) in [5, 5.41) is 7.86. The van der Waals surface area contributed by atoms with Crippen LogP contribution in [0.1, 0.15) is 37.3 Å². The van der Waals surface area contributed by atoms with Crippen LogP contribution < -0.4 is 10.6 Å². The Morgan fingerprint density at radius 3 is 2.64 bits per heavy atom. The van der Waals surface area contributed by atoms with Gasteiger partial charge in [-0.2, -0.15) is 11.8 Å². The fourth-order valence-corrected chi connectivity index (χ4v) is 4.63. The first kappa shape index (κ1) is 23.8. The average Bonchev–Trinajstić information content (AvgIpc) is 3.16. The van der Waals surface area contributed by atoms with Gasteiger partial charge in [0.05, 0.1) is 19.8 Å². The Balaban J connectivity index is 0.00000280. The highest BCUT2D eigenvalue weighted by atomic mass is 127. The SMILES string of the molecule is CCNC(=NCc1ccccc1CN1CCOCC1)NC1CCC(SC)C1.I. The minimum Gasteiger partial charge on any atom is -0.379 e. The third kappa shape index (κ3) is 7.39. The molecular formula is C21H35IN4OS. The molecular weight excluding hydrogens is 483 g/mol. The molecule has 1 aliphatic heterocycles. The third-order valence-electron chi connectivity index (χ3n) is 5.43. The fraction of sp³-hybridized carbons (Fsp3) is 0.667. The fourth-order valence-electron chi connectivity index (χ4n) is 3.83. The van der Waals surface area contributed by atoms with Gasteiger partial charge in [0.1, 0.15) is 0 Å². The molecule has 7 heteroatoms. The van der Waals surface area contributed by atoms with Gasteiger partial charge in [-0.25, -0.2) is 4.99 Å². The van der Waals surface area contributed by atoms with Crippen molar-refractivity contribution in [2.24, 2.45) is 4.99 Å². The molecule has 1 aromatic carbocycles. The van der Waals surface area contributed by atoms with Crippen molar-refractivity contribution >= 4 is 41.7 Å². The van der Waals surface area contributed by atoms with Gasteiger partial charge in [-0.15, -0.1) is 24.0 Å². The lowest BCUT2D eigenvalue weighted by atomic mass is 10.1. The van der Waals surface area contributed by atoms with Crippen molar-refractivity contribution in [1.29, 1.82) is 0 Å². The number of halogens is 1. The summed E-state index contributed by atoms with van der Waals surface area (Å²) in [6.45, 7) is 8.43. The van der Waals surface area contributed by atoms with Crippen LogP contribution >= 0.6 is 35.7 Å². The van der Waals surface area contributed by atoms with Crippen molar-refractivity contribution < 1.29 is 4.74 Å². The number of guanidine groups is 1. The first-order chi connectivity index (χ1) is 13.3. The maximum atomic E-state index is 5.47. The van der Waals surface area contributed by atoms with Crippen molar-refractivity contribution in [2.45, 2.75) is 50.6 Å². The predicted molar refractivity (Wildman–Crippen MR) is 131 cm³/mol. The monoisotopic (exact) mass is 518 g/mol. The van der Waals surface area contributed by atoms with Crippen molar-refractivity contribution in [1.82, 2.24) is 15.5 Å². The van der Waals surface area contributed by atoms with Gasteiger partial charge in [0.25, 0.3) is 0 Å². The number of hydrogen-bond acceptors (Lipinski definition) is 4. The van der Waals surface area contributed by atoms with Crippen LogP contribution in [-0.2, 0) is 17.8 Å². The summed E-state index contributed by atoms with van der Waals surface area (Å²) < 4.78 is 5.47. The number of nitrogens with zero attached hydrogens (tertiary/aromatic N) is 2. The topological polar surface area (TPSA) is 48.9 Å². The molecule has 2 aliphatic rings. The molecule has 0 bridgehead atoms.